The van der Waals surface area contributed by atoms with Crippen LogP contribution in [0.25, 0.3) is 0 Å². The number of ether oxygens (including phenoxy) is 1. The van der Waals surface area contributed by atoms with Gasteiger partial charge in [0.2, 0.25) is 0 Å². The molecule has 1 spiro atoms. The van der Waals surface area contributed by atoms with Gasteiger partial charge >= 0.3 is 0 Å². The summed E-state index contributed by atoms with van der Waals surface area (Å²) in [6.07, 6.45) is 7.28. The fourth-order valence-electron chi connectivity index (χ4n) is 4.54. The molecule has 4 rings (SSSR count). The van der Waals surface area contributed by atoms with Gasteiger partial charge < -0.3 is 9.84 Å². The normalized spacial score (nSPS) is 22.2. The van der Waals surface area contributed by atoms with Crippen molar-refractivity contribution in [3.8, 4) is 0 Å². The van der Waals surface area contributed by atoms with Crippen molar-refractivity contribution < 1.29 is 9.84 Å². The fourth-order valence-corrected chi connectivity index (χ4v) is 4.54. The van der Waals surface area contributed by atoms with Crippen LogP contribution >= 0.6 is 0 Å². The van der Waals surface area contributed by atoms with Gasteiger partial charge in [-0.25, -0.2) is 0 Å². The SMILES string of the molecule is OCCO[C@@H]1CC2(CCN(Cc3ccncc3)CC2)c2ccccc21. The Bertz CT molecular complexity index is 696. The maximum absolute atomic E-state index is 9.12. The molecule has 2 aromatic rings. The number of hydrogen-bond acceptors (Lipinski definition) is 4. The Morgan fingerprint density at radius 1 is 1.12 bits per heavy atom. The number of fused-ring (bicyclic) bond motifs is 2. The summed E-state index contributed by atoms with van der Waals surface area (Å²) in [5, 5.41) is 9.12. The van der Waals surface area contributed by atoms with E-state index in [1.54, 1.807) is 0 Å². The van der Waals surface area contributed by atoms with Crippen molar-refractivity contribution in [1.29, 1.82) is 0 Å². The molecule has 2 aliphatic rings. The Balaban J connectivity index is 1.47. The number of aliphatic hydroxyl groups excluding tert-OH is 1. The second kappa shape index (κ2) is 7.24. The molecule has 0 amide bonds. The number of nitrogens with zero attached hydrogens (tertiary/aromatic N) is 2. The van der Waals surface area contributed by atoms with Crippen LogP contribution in [0.15, 0.2) is 48.8 Å². The Kier molecular flexibility index (Phi) is 4.84. The minimum absolute atomic E-state index is 0.0887. The highest BCUT2D eigenvalue weighted by Gasteiger charge is 2.45. The van der Waals surface area contributed by atoms with Crippen molar-refractivity contribution in [2.75, 3.05) is 26.3 Å². The molecule has 1 fully saturated rings. The lowest BCUT2D eigenvalue weighted by Gasteiger charge is -2.40. The molecule has 1 atom stereocenters. The van der Waals surface area contributed by atoms with Gasteiger partial charge in [-0.1, -0.05) is 24.3 Å². The topological polar surface area (TPSA) is 45.6 Å². The molecular weight excluding hydrogens is 312 g/mol. The third kappa shape index (κ3) is 3.34. The summed E-state index contributed by atoms with van der Waals surface area (Å²) >= 11 is 0. The van der Waals surface area contributed by atoms with E-state index in [-0.39, 0.29) is 18.1 Å². The van der Waals surface area contributed by atoms with Crippen LogP contribution in [0.3, 0.4) is 0 Å². The molecule has 1 aliphatic carbocycles. The molecule has 0 bridgehead atoms. The minimum atomic E-state index is 0.0887. The first kappa shape index (κ1) is 16.7. The van der Waals surface area contributed by atoms with Crippen molar-refractivity contribution in [3.63, 3.8) is 0 Å². The second-order valence-electron chi connectivity index (χ2n) is 7.29. The van der Waals surface area contributed by atoms with Crippen LogP contribution in [0.4, 0.5) is 0 Å². The van der Waals surface area contributed by atoms with E-state index in [0.717, 1.165) is 26.1 Å². The van der Waals surface area contributed by atoms with Gasteiger partial charge in [-0.3, -0.25) is 9.88 Å². The van der Waals surface area contributed by atoms with E-state index < -0.39 is 0 Å². The quantitative estimate of drug-likeness (QED) is 0.910. The lowest BCUT2D eigenvalue weighted by molar-refractivity contribution is 0.0128. The van der Waals surface area contributed by atoms with Crippen LogP contribution in [0.5, 0.6) is 0 Å². The highest BCUT2D eigenvalue weighted by molar-refractivity contribution is 5.42. The van der Waals surface area contributed by atoms with Gasteiger partial charge in [0.25, 0.3) is 0 Å². The first-order valence-corrected chi connectivity index (χ1v) is 9.24. The molecule has 0 radical (unpaired) electrons. The summed E-state index contributed by atoms with van der Waals surface area (Å²) in [5.74, 6) is 0. The van der Waals surface area contributed by atoms with Crippen LogP contribution in [-0.2, 0) is 16.7 Å². The van der Waals surface area contributed by atoms with Gasteiger partial charge in [-0.2, -0.15) is 0 Å². The molecule has 1 N–H and O–H groups in total. The zero-order valence-corrected chi connectivity index (χ0v) is 14.6. The molecule has 0 unspecified atom stereocenters. The predicted molar refractivity (Wildman–Crippen MR) is 97.3 cm³/mol. The molecule has 4 heteroatoms. The summed E-state index contributed by atoms with van der Waals surface area (Å²) in [6, 6.07) is 13.0. The zero-order valence-electron chi connectivity index (χ0n) is 14.6. The first-order valence-electron chi connectivity index (χ1n) is 9.24. The van der Waals surface area contributed by atoms with Gasteiger partial charge in [-0.15, -0.1) is 0 Å². The number of likely N-dealkylation sites (tertiary alicyclic amines) is 1. The van der Waals surface area contributed by atoms with Gasteiger partial charge in [0.05, 0.1) is 19.3 Å². The smallest absolute Gasteiger partial charge is 0.0837 e. The molecular formula is C21H26N2O2. The van der Waals surface area contributed by atoms with Gasteiger partial charge in [0.15, 0.2) is 0 Å². The zero-order chi connectivity index (χ0) is 17.1. The van der Waals surface area contributed by atoms with E-state index >= 15 is 0 Å². The number of piperidine rings is 1. The van der Waals surface area contributed by atoms with E-state index in [4.69, 9.17) is 9.84 Å². The van der Waals surface area contributed by atoms with Crippen molar-refractivity contribution in [2.24, 2.45) is 0 Å². The van der Waals surface area contributed by atoms with E-state index in [9.17, 15) is 0 Å². The lowest BCUT2D eigenvalue weighted by atomic mass is 9.73. The van der Waals surface area contributed by atoms with E-state index in [2.05, 4.69) is 46.3 Å². The van der Waals surface area contributed by atoms with E-state index in [1.165, 1.54) is 29.5 Å². The van der Waals surface area contributed by atoms with Crippen LogP contribution in [0.2, 0.25) is 0 Å². The summed E-state index contributed by atoms with van der Waals surface area (Å²) in [6.45, 7) is 3.74. The van der Waals surface area contributed by atoms with E-state index in [0.29, 0.717) is 6.61 Å². The molecule has 4 nitrogen and oxygen atoms in total. The third-order valence-corrected chi connectivity index (χ3v) is 5.83. The number of aliphatic hydroxyl groups is 1. The standard InChI is InChI=1S/C21H26N2O2/c24-13-14-25-20-15-21(19-4-2-1-3-18(19)20)7-11-23(12-8-21)16-17-5-9-22-10-6-17/h1-6,9-10,20,24H,7-8,11-16H2/t20-/m1/s1. The maximum atomic E-state index is 9.12. The molecule has 1 aromatic carbocycles. The van der Waals surface area contributed by atoms with Crippen LogP contribution < -0.4 is 0 Å². The van der Waals surface area contributed by atoms with E-state index in [1.807, 2.05) is 12.4 Å². The Morgan fingerprint density at radius 3 is 2.64 bits per heavy atom. The van der Waals surface area contributed by atoms with Crippen molar-refractivity contribution in [1.82, 2.24) is 9.88 Å². The van der Waals surface area contributed by atoms with Gasteiger partial charge in [-0.05, 0) is 61.2 Å². The summed E-state index contributed by atoms with van der Waals surface area (Å²) in [4.78, 5) is 6.65. The van der Waals surface area contributed by atoms with Crippen LogP contribution in [0.1, 0.15) is 42.1 Å². The third-order valence-electron chi connectivity index (χ3n) is 5.83. The lowest BCUT2D eigenvalue weighted by Crippen LogP contribution is -2.41. The van der Waals surface area contributed by atoms with Crippen LogP contribution in [-0.4, -0.2) is 41.3 Å². The maximum Gasteiger partial charge on any atom is 0.0837 e. The van der Waals surface area contributed by atoms with Crippen LogP contribution in [0, 0.1) is 0 Å². The average molecular weight is 338 g/mol. The van der Waals surface area contributed by atoms with Crippen molar-refractivity contribution in [2.45, 2.75) is 37.3 Å². The Morgan fingerprint density at radius 2 is 1.88 bits per heavy atom. The summed E-state index contributed by atoms with van der Waals surface area (Å²) in [7, 11) is 0. The minimum Gasteiger partial charge on any atom is -0.394 e. The number of aromatic nitrogens is 1. The molecule has 1 saturated heterocycles. The highest BCUT2D eigenvalue weighted by Crippen LogP contribution is 2.52. The molecule has 25 heavy (non-hydrogen) atoms. The molecule has 1 aromatic heterocycles. The number of pyridine rings is 1. The van der Waals surface area contributed by atoms with Crippen molar-refractivity contribution in [3.05, 3.63) is 65.5 Å². The largest absolute Gasteiger partial charge is 0.394 e. The second-order valence-corrected chi connectivity index (χ2v) is 7.29. The Hall–Kier alpha value is -1.75. The molecule has 2 heterocycles. The van der Waals surface area contributed by atoms with Gasteiger partial charge in [0.1, 0.15) is 0 Å². The van der Waals surface area contributed by atoms with Gasteiger partial charge in [0, 0.05) is 24.4 Å². The monoisotopic (exact) mass is 338 g/mol. The molecule has 132 valence electrons. The predicted octanol–water partition coefficient (Wildman–Crippen LogP) is 3.07. The van der Waals surface area contributed by atoms with Crippen molar-refractivity contribution >= 4 is 0 Å². The molecule has 0 saturated carbocycles. The Labute approximate surface area is 149 Å². The first-order chi connectivity index (χ1) is 12.3. The summed E-state index contributed by atoms with van der Waals surface area (Å²) < 4.78 is 5.96. The molecule has 1 aliphatic heterocycles. The fraction of sp³-hybridized carbons (Fsp3) is 0.476. The summed E-state index contributed by atoms with van der Waals surface area (Å²) in [5.41, 5.74) is 4.38. The average Bonchev–Trinajstić information content (AvgIpc) is 2.97. The number of benzene rings is 1. The number of hydrogen-bond donors (Lipinski definition) is 1. The number of rotatable bonds is 5. The highest BCUT2D eigenvalue weighted by atomic mass is 16.5.